The van der Waals surface area contributed by atoms with Crippen molar-refractivity contribution in [3.05, 3.63) is 29.0 Å². The molecule has 2 aliphatic rings. The second-order valence-electron chi connectivity index (χ2n) is 9.34. The van der Waals surface area contributed by atoms with Crippen molar-refractivity contribution in [2.24, 2.45) is 0 Å². The van der Waals surface area contributed by atoms with Crippen LogP contribution in [0, 0.1) is 0 Å². The zero-order valence-electron chi connectivity index (χ0n) is 20.3. The predicted molar refractivity (Wildman–Crippen MR) is 127 cm³/mol. The van der Waals surface area contributed by atoms with E-state index in [1.165, 1.54) is 0 Å². The number of aromatic nitrogens is 1. The molecule has 4 rings (SSSR count). The normalized spacial score (nSPS) is 17.0. The summed E-state index contributed by atoms with van der Waals surface area (Å²) in [5.74, 6) is -1.32. The molecule has 8 heteroatoms. The van der Waals surface area contributed by atoms with Gasteiger partial charge in [-0.25, -0.2) is 0 Å². The maximum Gasteiger partial charge on any atom is 0.307 e. The summed E-state index contributed by atoms with van der Waals surface area (Å²) in [7, 11) is 0. The van der Waals surface area contributed by atoms with E-state index in [4.69, 9.17) is 9.47 Å². The highest BCUT2D eigenvalue weighted by molar-refractivity contribution is 6.14. The summed E-state index contributed by atoms with van der Waals surface area (Å²) < 4.78 is 10.4. The number of ketones is 1. The molecule has 0 fully saturated rings. The molecule has 0 unspecified atom stereocenters. The topological polar surface area (TPSA) is 106 Å². The standard InChI is InChI=1S/C26H32N2O6/c1-5-33-22(30)13-26(14-23(31)34-6-2)18-12-19-17(11-20(18)28(15(3)4)25(26)32)16-9-7-8-10-21(29)24(16)27-19/h11-12,15,27H,5-10,13-14H2,1-4H3. The maximum absolute atomic E-state index is 13.9. The molecule has 0 saturated heterocycles. The molecular weight excluding hydrogens is 436 g/mol. The third-order valence-electron chi connectivity index (χ3n) is 6.80. The lowest BCUT2D eigenvalue weighted by Gasteiger charge is -2.28. The number of hydrogen-bond donors (Lipinski definition) is 1. The highest BCUT2D eigenvalue weighted by atomic mass is 16.5. The van der Waals surface area contributed by atoms with Gasteiger partial charge in [-0.3, -0.25) is 19.2 Å². The van der Waals surface area contributed by atoms with Gasteiger partial charge in [-0.2, -0.15) is 0 Å². The van der Waals surface area contributed by atoms with Crippen LogP contribution in [0.4, 0.5) is 5.69 Å². The van der Waals surface area contributed by atoms with Crippen LogP contribution in [0.5, 0.6) is 0 Å². The number of fused-ring (bicyclic) bond motifs is 4. The molecule has 182 valence electrons. The van der Waals surface area contributed by atoms with E-state index >= 15 is 0 Å². The number of amides is 1. The summed E-state index contributed by atoms with van der Waals surface area (Å²) >= 11 is 0. The smallest absolute Gasteiger partial charge is 0.307 e. The van der Waals surface area contributed by atoms with E-state index in [-0.39, 0.29) is 43.8 Å². The van der Waals surface area contributed by atoms with Crippen LogP contribution in [0.1, 0.15) is 81.4 Å². The Morgan fingerprint density at radius 2 is 1.65 bits per heavy atom. The number of carbonyl (C=O) groups is 4. The summed E-state index contributed by atoms with van der Waals surface area (Å²) in [6.45, 7) is 7.55. The van der Waals surface area contributed by atoms with Crippen molar-refractivity contribution in [1.29, 1.82) is 0 Å². The minimum atomic E-state index is -1.43. The van der Waals surface area contributed by atoms with E-state index in [0.717, 1.165) is 35.7 Å². The fourth-order valence-electron chi connectivity index (χ4n) is 5.37. The number of benzene rings is 1. The molecule has 2 aromatic rings. The molecule has 0 radical (unpaired) electrons. The van der Waals surface area contributed by atoms with Crippen LogP contribution >= 0.6 is 0 Å². The Morgan fingerprint density at radius 1 is 1.03 bits per heavy atom. The summed E-state index contributed by atoms with van der Waals surface area (Å²) in [6, 6.07) is 3.58. The van der Waals surface area contributed by atoms with Crippen molar-refractivity contribution >= 4 is 40.2 Å². The lowest BCUT2D eigenvalue weighted by molar-refractivity contribution is -0.151. The van der Waals surface area contributed by atoms with Gasteiger partial charge in [0.05, 0.1) is 37.2 Å². The van der Waals surface area contributed by atoms with E-state index < -0.39 is 17.4 Å². The van der Waals surface area contributed by atoms with Gasteiger partial charge in [0.15, 0.2) is 5.78 Å². The zero-order chi connectivity index (χ0) is 24.6. The number of H-pyrrole nitrogens is 1. The summed E-state index contributed by atoms with van der Waals surface area (Å²) in [5.41, 5.74) is 2.15. The largest absolute Gasteiger partial charge is 0.466 e. The summed E-state index contributed by atoms with van der Waals surface area (Å²) in [6.07, 6.45) is 2.54. The van der Waals surface area contributed by atoms with E-state index in [1.54, 1.807) is 18.7 Å². The van der Waals surface area contributed by atoms with E-state index in [0.29, 0.717) is 23.4 Å². The second-order valence-corrected chi connectivity index (χ2v) is 9.34. The minimum absolute atomic E-state index is 0.0879. The molecule has 8 nitrogen and oxygen atoms in total. The number of Topliss-reactive ketones (excluding diaryl/α,β-unsaturated/α-hetero) is 1. The number of aryl methyl sites for hydroxylation is 1. The van der Waals surface area contributed by atoms with Gasteiger partial charge >= 0.3 is 11.9 Å². The molecule has 0 bridgehead atoms. The Bertz CT molecular complexity index is 1140. The summed E-state index contributed by atoms with van der Waals surface area (Å²) in [4.78, 5) is 56.9. The first-order chi connectivity index (χ1) is 16.2. The van der Waals surface area contributed by atoms with E-state index in [9.17, 15) is 19.2 Å². The SMILES string of the molecule is CCOC(=O)CC1(CC(=O)OCC)C(=O)N(C(C)C)c2cc3c4c([nH]c3cc21)C(=O)CCCC4. The average molecular weight is 469 g/mol. The molecule has 1 aliphatic carbocycles. The average Bonchev–Trinajstić information content (AvgIpc) is 3.15. The first-order valence-corrected chi connectivity index (χ1v) is 12.1. The van der Waals surface area contributed by atoms with E-state index in [1.807, 2.05) is 26.0 Å². The number of anilines is 1. The number of rotatable bonds is 7. The predicted octanol–water partition coefficient (Wildman–Crippen LogP) is 3.98. The van der Waals surface area contributed by atoms with E-state index in [2.05, 4.69) is 4.98 Å². The Balaban J connectivity index is 1.95. The van der Waals surface area contributed by atoms with Crippen LogP contribution in [-0.2, 0) is 35.7 Å². The molecule has 2 heterocycles. The maximum atomic E-state index is 13.9. The molecule has 1 aromatic carbocycles. The number of nitrogens with one attached hydrogen (secondary N) is 1. The molecule has 1 amide bonds. The Labute approximate surface area is 199 Å². The number of ether oxygens (including phenoxy) is 2. The van der Waals surface area contributed by atoms with Crippen molar-refractivity contribution in [1.82, 2.24) is 4.98 Å². The monoisotopic (exact) mass is 468 g/mol. The minimum Gasteiger partial charge on any atom is -0.466 e. The van der Waals surface area contributed by atoms with Crippen molar-refractivity contribution in [3.8, 4) is 0 Å². The molecule has 0 saturated carbocycles. The molecule has 1 aromatic heterocycles. The third kappa shape index (κ3) is 3.89. The quantitative estimate of drug-likeness (QED) is 0.487. The Kier molecular flexibility index (Phi) is 6.51. The van der Waals surface area contributed by atoms with Crippen LogP contribution in [0.3, 0.4) is 0 Å². The Morgan fingerprint density at radius 3 is 2.24 bits per heavy atom. The molecule has 34 heavy (non-hydrogen) atoms. The van der Waals surface area contributed by atoms with Gasteiger partial charge in [-0.05, 0) is 70.2 Å². The highest BCUT2D eigenvalue weighted by Crippen LogP contribution is 2.50. The second kappa shape index (κ2) is 9.24. The van der Waals surface area contributed by atoms with Gasteiger partial charge in [-0.15, -0.1) is 0 Å². The van der Waals surface area contributed by atoms with Gasteiger partial charge in [0.2, 0.25) is 5.91 Å². The van der Waals surface area contributed by atoms with Gasteiger partial charge < -0.3 is 19.4 Å². The lowest BCUT2D eigenvalue weighted by Crippen LogP contribution is -2.46. The number of carbonyl (C=O) groups excluding carboxylic acids is 4. The van der Waals surface area contributed by atoms with Crippen LogP contribution in [-0.4, -0.2) is 47.9 Å². The molecule has 1 aliphatic heterocycles. The number of nitrogens with zero attached hydrogens (tertiary/aromatic N) is 1. The highest BCUT2D eigenvalue weighted by Gasteiger charge is 2.54. The number of hydrogen-bond acceptors (Lipinski definition) is 6. The number of esters is 2. The van der Waals surface area contributed by atoms with Crippen molar-refractivity contribution in [2.75, 3.05) is 18.1 Å². The lowest BCUT2D eigenvalue weighted by atomic mass is 9.75. The van der Waals surface area contributed by atoms with Crippen molar-refractivity contribution in [3.63, 3.8) is 0 Å². The fourth-order valence-corrected chi connectivity index (χ4v) is 5.37. The number of aromatic amines is 1. The fraction of sp³-hybridized carbons (Fsp3) is 0.538. The molecule has 0 atom stereocenters. The molecule has 1 N–H and O–H groups in total. The first-order valence-electron chi connectivity index (χ1n) is 12.1. The third-order valence-corrected chi connectivity index (χ3v) is 6.80. The van der Waals surface area contributed by atoms with Gasteiger partial charge in [0.25, 0.3) is 0 Å². The van der Waals surface area contributed by atoms with Crippen LogP contribution in [0.25, 0.3) is 10.9 Å². The van der Waals surface area contributed by atoms with Crippen LogP contribution < -0.4 is 4.90 Å². The van der Waals surface area contributed by atoms with Gasteiger partial charge in [0.1, 0.15) is 0 Å². The van der Waals surface area contributed by atoms with Gasteiger partial charge in [-0.1, -0.05) is 0 Å². The molecular formula is C26H32N2O6. The van der Waals surface area contributed by atoms with Crippen molar-refractivity contribution < 1.29 is 28.7 Å². The Hall–Kier alpha value is -3.16. The molecule has 0 spiro atoms. The zero-order valence-corrected chi connectivity index (χ0v) is 20.3. The van der Waals surface area contributed by atoms with Crippen molar-refractivity contribution in [2.45, 2.75) is 77.7 Å². The van der Waals surface area contributed by atoms with Crippen LogP contribution in [0.2, 0.25) is 0 Å². The van der Waals surface area contributed by atoms with Crippen LogP contribution in [0.15, 0.2) is 12.1 Å². The first kappa shape index (κ1) is 24.0. The van der Waals surface area contributed by atoms with Gasteiger partial charge in [0, 0.05) is 29.1 Å². The summed E-state index contributed by atoms with van der Waals surface area (Å²) in [5, 5.41) is 0.908.